The third-order valence-corrected chi connectivity index (χ3v) is 5.94. The van der Waals surface area contributed by atoms with Crippen molar-refractivity contribution < 1.29 is 27.8 Å². The van der Waals surface area contributed by atoms with Crippen LogP contribution in [0.4, 0.5) is 18.0 Å². The van der Waals surface area contributed by atoms with E-state index in [0.29, 0.717) is 45.4 Å². The molecule has 1 aliphatic carbocycles. The number of carbonyl (C=O) groups is 1. The Bertz CT molecular complexity index is 463. The van der Waals surface area contributed by atoms with Gasteiger partial charge in [-0.25, -0.2) is 4.79 Å². The van der Waals surface area contributed by atoms with E-state index >= 15 is 0 Å². The summed E-state index contributed by atoms with van der Waals surface area (Å²) in [6.07, 6.45) is -2.94. The number of aliphatic hydroxyl groups excluding tert-OH is 1. The van der Waals surface area contributed by atoms with Crippen molar-refractivity contribution in [3.8, 4) is 0 Å². The van der Waals surface area contributed by atoms with E-state index in [1.54, 1.807) is 6.92 Å². The number of ether oxygens (including phenoxy) is 1. The number of piperidine rings is 1. The smallest absolute Gasteiger partial charge is 0.392 e. The standard InChI is InChI=1S/C17H29F3N2O3/c1-4-11(3)14(17(18,19)20)21-15(24)22-8-6-16(7-9-22)12(23)10-13(16)25-5-2/h11-14,23H,4-10H2,1-3H3,(H,21,24). The molecule has 4 unspecified atom stereocenters. The molecule has 0 bridgehead atoms. The zero-order chi connectivity index (χ0) is 18.8. The Labute approximate surface area is 146 Å². The van der Waals surface area contributed by atoms with Crippen LogP contribution in [0.3, 0.4) is 0 Å². The van der Waals surface area contributed by atoms with Crippen LogP contribution in [-0.2, 0) is 4.74 Å². The summed E-state index contributed by atoms with van der Waals surface area (Å²) in [5, 5.41) is 12.3. The van der Waals surface area contributed by atoms with Crippen LogP contribution in [0.1, 0.15) is 46.5 Å². The molecule has 2 rings (SSSR count). The number of carbonyl (C=O) groups excluding carboxylic acids is 1. The Morgan fingerprint density at radius 2 is 1.96 bits per heavy atom. The maximum atomic E-state index is 13.2. The summed E-state index contributed by atoms with van der Waals surface area (Å²) in [4.78, 5) is 13.7. The number of likely N-dealkylation sites (tertiary alicyclic amines) is 1. The van der Waals surface area contributed by atoms with Gasteiger partial charge in [-0.1, -0.05) is 20.3 Å². The Balaban J connectivity index is 1.94. The molecule has 1 heterocycles. The van der Waals surface area contributed by atoms with E-state index in [9.17, 15) is 23.1 Å². The summed E-state index contributed by atoms with van der Waals surface area (Å²) >= 11 is 0. The van der Waals surface area contributed by atoms with Gasteiger partial charge in [0.05, 0.1) is 12.2 Å². The first-order chi connectivity index (χ1) is 11.7. The van der Waals surface area contributed by atoms with Crippen molar-refractivity contribution >= 4 is 6.03 Å². The van der Waals surface area contributed by atoms with Crippen molar-refractivity contribution in [2.45, 2.75) is 70.9 Å². The first-order valence-corrected chi connectivity index (χ1v) is 9.07. The zero-order valence-corrected chi connectivity index (χ0v) is 15.1. The molecule has 2 aliphatic rings. The predicted octanol–water partition coefficient (Wildman–Crippen LogP) is 2.92. The summed E-state index contributed by atoms with van der Waals surface area (Å²) in [7, 11) is 0. The third-order valence-electron chi connectivity index (χ3n) is 5.94. The van der Waals surface area contributed by atoms with Crippen LogP contribution in [0.2, 0.25) is 0 Å². The summed E-state index contributed by atoms with van der Waals surface area (Å²) < 4.78 is 45.2. The molecule has 2 fully saturated rings. The molecule has 1 saturated heterocycles. The van der Waals surface area contributed by atoms with Gasteiger partial charge in [0.1, 0.15) is 6.04 Å². The van der Waals surface area contributed by atoms with Crippen molar-refractivity contribution in [3.63, 3.8) is 0 Å². The molecular weight excluding hydrogens is 337 g/mol. The monoisotopic (exact) mass is 366 g/mol. The normalized spacial score (nSPS) is 28.4. The molecule has 0 aromatic rings. The highest BCUT2D eigenvalue weighted by atomic mass is 19.4. The fraction of sp³-hybridized carbons (Fsp3) is 0.941. The van der Waals surface area contributed by atoms with Gasteiger partial charge in [0.2, 0.25) is 0 Å². The first-order valence-electron chi connectivity index (χ1n) is 9.07. The van der Waals surface area contributed by atoms with E-state index in [1.165, 1.54) is 11.8 Å². The molecule has 5 nitrogen and oxygen atoms in total. The van der Waals surface area contributed by atoms with Crippen molar-refractivity contribution in [1.29, 1.82) is 0 Å². The molecule has 25 heavy (non-hydrogen) atoms. The number of nitrogens with one attached hydrogen (secondary N) is 1. The van der Waals surface area contributed by atoms with Gasteiger partial charge >= 0.3 is 12.2 Å². The van der Waals surface area contributed by atoms with E-state index in [0.717, 1.165) is 0 Å². The molecule has 0 radical (unpaired) electrons. The number of urea groups is 1. The van der Waals surface area contributed by atoms with Crippen LogP contribution in [-0.4, -0.2) is 60.2 Å². The molecule has 0 aromatic carbocycles. The number of aliphatic hydroxyl groups is 1. The van der Waals surface area contributed by atoms with Gasteiger partial charge in [-0.05, 0) is 25.7 Å². The van der Waals surface area contributed by atoms with Gasteiger partial charge in [0, 0.05) is 31.5 Å². The summed E-state index contributed by atoms with van der Waals surface area (Å²) in [5.41, 5.74) is -0.354. The minimum absolute atomic E-state index is 0.0271. The maximum Gasteiger partial charge on any atom is 0.408 e. The van der Waals surface area contributed by atoms with Crippen LogP contribution >= 0.6 is 0 Å². The van der Waals surface area contributed by atoms with E-state index < -0.39 is 30.3 Å². The number of halogens is 3. The predicted molar refractivity (Wildman–Crippen MR) is 87.1 cm³/mol. The lowest BCUT2D eigenvalue weighted by atomic mass is 9.58. The summed E-state index contributed by atoms with van der Waals surface area (Å²) in [6, 6.07) is -2.52. The molecule has 2 amide bonds. The second-order valence-electron chi connectivity index (χ2n) is 7.27. The SMILES string of the molecule is CCOC1CC(O)C12CCN(C(=O)NC(C(C)CC)C(F)(F)F)CC2. The highest BCUT2D eigenvalue weighted by molar-refractivity contribution is 5.74. The lowest BCUT2D eigenvalue weighted by Gasteiger charge is -2.56. The Kier molecular flexibility index (Phi) is 6.25. The van der Waals surface area contributed by atoms with Gasteiger partial charge in [0.15, 0.2) is 0 Å². The molecule has 0 aromatic heterocycles. The maximum absolute atomic E-state index is 13.2. The largest absolute Gasteiger partial charge is 0.408 e. The highest BCUT2D eigenvalue weighted by Crippen LogP contribution is 2.50. The van der Waals surface area contributed by atoms with E-state index in [-0.39, 0.29) is 11.5 Å². The van der Waals surface area contributed by atoms with Crippen LogP contribution in [0.15, 0.2) is 0 Å². The fourth-order valence-corrected chi connectivity index (χ4v) is 3.95. The molecule has 2 N–H and O–H groups in total. The number of nitrogens with zero attached hydrogens (tertiary/aromatic N) is 1. The van der Waals surface area contributed by atoms with Gasteiger partial charge in [-0.3, -0.25) is 0 Å². The minimum Gasteiger partial charge on any atom is -0.392 e. The van der Waals surface area contributed by atoms with Gasteiger partial charge < -0.3 is 20.1 Å². The number of hydrogen-bond donors (Lipinski definition) is 2. The molecule has 146 valence electrons. The summed E-state index contributed by atoms with van der Waals surface area (Å²) in [5.74, 6) is -0.684. The third kappa shape index (κ3) is 4.05. The minimum atomic E-state index is -4.47. The number of hydrogen-bond acceptors (Lipinski definition) is 3. The second-order valence-corrected chi connectivity index (χ2v) is 7.27. The molecule has 8 heteroatoms. The highest BCUT2D eigenvalue weighted by Gasteiger charge is 2.56. The van der Waals surface area contributed by atoms with Crippen molar-refractivity contribution in [2.75, 3.05) is 19.7 Å². The van der Waals surface area contributed by atoms with Gasteiger partial charge in [-0.2, -0.15) is 13.2 Å². The first kappa shape index (κ1) is 20.3. The average molecular weight is 366 g/mol. The van der Waals surface area contributed by atoms with Crippen molar-refractivity contribution in [2.24, 2.45) is 11.3 Å². The van der Waals surface area contributed by atoms with Crippen LogP contribution in [0, 0.1) is 11.3 Å². The molecule has 1 aliphatic heterocycles. The van der Waals surface area contributed by atoms with E-state index in [1.807, 2.05) is 6.92 Å². The molecule has 1 spiro atoms. The van der Waals surface area contributed by atoms with Gasteiger partial charge in [-0.15, -0.1) is 0 Å². The zero-order valence-electron chi connectivity index (χ0n) is 15.1. The Morgan fingerprint density at radius 3 is 2.40 bits per heavy atom. The van der Waals surface area contributed by atoms with E-state index in [4.69, 9.17) is 4.74 Å². The van der Waals surface area contributed by atoms with Crippen LogP contribution in [0.5, 0.6) is 0 Å². The van der Waals surface area contributed by atoms with Crippen molar-refractivity contribution in [1.82, 2.24) is 10.2 Å². The lowest BCUT2D eigenvalue weighted by molar-refractivity contribution is -0.207. The Morgan fingerprint density at radius 1 is 1.36 bits per heavy atom. The molecule has 4 atom stereocenters. The Hall–Kier alpha value is -1.02. The molecular formula is C17H29F3N2O3. The van der Waals surface area contributed by atoms with Crippen LogP contribution in [0.25, 0.3) is 0 Å². The number of rotatable bonds is 5. The van der Waals surface area contributed by atoms with Crippen molar-refractivity contribution in [3.05, 3.63) is 0 Å². The second kappa shape index (κ2) is 7.70. The number of alkyl halides is 3. The summed E-state index contributed by atoms with van der Waals surface area (Å²) in [6.45, 7) is 6.28. The number of amides is 2. The van der Waals surface area contributed by atoms with Crippen LogP contribution < -0.4 is 5.32 Å². The average Bonchev–Trinajstić information content (AvgIpc) is 2.57. The lowest BCUT2D eigenvalue weighted by Crippen LogP contribution is -2.64. The molecule has 1 saturated carbocycles. The van der Waals surface area contributed by atoms with Gasteiger partial charge in [0.25, 0.3) is 0 Å². The fourth-order valence-electron chi connectivity index (χ4n) is 3.95. The topological polar surface area (TPSA) is 61.8 Å². The van der Waals surface area contributed by atoms with E-state index in [2.05, 4.69) is 5.32 Å². The quantitative estimate of drug-likeness (QED) is 0.786.